The first-order valence-electron chi connectivity index (χ1n) is 9.36. The number of non-ortho nitro benzene ring substituents is 1. The second-order valence-electron chi connectivity index (χ2n) is 6.93. The first-order chi connectivity index (χ1) is 14.8. The zero-order chi connectivity index (χ0) is 22.1. The molecule has 0 aliphatic heterocycles. The molecule has 31 heavy (non-hydrogen) atoms. The predicted octanol–water partition coefficient (Wildman–Crippen LogP) is 3.56. The lowest BCUT2D eigenvalue weighted by molar-refractivity contribution is -0.384. The number of hydrogen-bond acceptors (Lipinski definition) is 6. The van der Waals surface area contributed by atoms with Crippen molar-refractivity contribution < 1.29 is 9.72 Å². The van der Waals surface area contributed by atoms with Crippen LogP contribution >= 0.6 is 0 Å². The average molecular weight is 415 g/mol. The number of anilines is 1. The molecule has 2 heterocycles. The van der Waals surface area contributed by atoms with E-state index in [0.29, 0.717) is 33.8 Å². The van der Waals surface area contributed by atoms with Crippen LogP contribution in [-0.2, 0) is 0 Å². The van der Waals surface area contributed by atoms with E-state index in [1.165, 1.54) is 28.8 Å². The summed E-state index contributed by atoms with van der Waals surface area (Å²) in [5.74, 6) is 0.0234. The molecular weight excluding hydrogens is 398 g/mol. The molecule has 0 aliphatic rings. The monoisotopic (exact) mass is 415 g/mol. The molecule has 0 saturated carbocycles. The van der Waals surface area contributed by atoms with Gasteiger partial charge in [0.05, 0.1) is 16.0 Å². The zero-order valence-corrected chi connectivity index (χ0v) is 16.7. The molecule has 4 rings (SSSR count). The highest BCUT2D eigenvalue weighted by molar-refractivity contribution is 6.05. The normalized spacial score (nSPS) is 10.8. The number of aryl methyl sites for hydroxylation is 2. The van der Waals surface area contributed by atoms with Crippen molar-refractivity contribution >= 4 is 28.3 Å². The summed E-state index contributed by atoms with van der Waals surface area (Å²) in [6, 6.07) is 14.0. The third-order valence-electron chi connectivity index (χ3n) is 4.85. The smallest absolute Gasteiger partial charge is 0.270 e. The Morgan fingerprint density at radius 1 is 1.10 bits per heavy atom. The molecule has 0 bridgehead atoms. The Morgan fingerprint density at radius 2 is 1.90 bits per heavy atom. The van der Waals surface area contributed by atoms with Gasteiger partial charge in [-0.05, 0) is 55.8 Å². The highest BCUT2D eigenvalue weighted by Crippen LogP contribution is 2.21. The van der Waals surface area contributed by atoms with Crippen molar-refractivity contribution in [3.63, 3.8) is 0 Å². The van der Waals surface area contributed by atoms with E-state index in [2.05, 4.69) is 15.3 Å². The van der Waals surface area contributed by atoms with Crippen molar-refractivity contribution in [3.05, 3.63) is 98.2 Å². The van der Waals surface area contributed by atoms with Gasteiger partial charge in [-0.15, -0.1) is 0 Å². The Bertz CT molecular complexity index is 1410. The second kappa shape index (κ2) is 7.79. The minimum Gasteiger partial charge on any atom is -0.322 e. The van der Waals surface area contributed by atoms with E-state index in [1.54, 1.807) is 50.4 Å². The van der Waals surface area contributed by atoms with Crippen LogP contribution < -0.4 is 10.9 Å². The first-order valence-corrected chi connectivity index (χ1v) is 9.36. The third-order valence-corrected chi connectivity index (χ3v) is 4.85. The molecule has 1 N–H and O–H groups in total. The molecule has 154 valence electrons. The molecule has 1 amide bonds. The predicted molar refractivity (Wildman–Crippen MR) is 116 cm³/mol. The summed E-state index contributed by atoms with van der Waals surface area (Å²) >= 11 is 0. The Morgan fingerprint density at radius 3 is 2.65 bits per heavy atom. The van der Waals surface area contributed by atoms with Gasteiger partial charge in [0.15, 0.2) is 5.65 Å². The molecule has 2 aromatic carbocycles. The maximum atomic E-state index is 13.0. The van der Waals surface area contributed by atoms with Crippen LogP contribution in [0.1, 0.15) is 21.7 Å². The Kier molecular flexibility index (Phi) is 5.00. The number of nitrogens with zero attached hydrogens (tertiary/aromatic N) is 4. The first kappa shape index (κ1) is 19.9. The fraction of sp³-hybridized carbons (Fsp3) is 0.0909. The number of amides is 1. The fourth-order valence-electron chi connectivity index (χ4n) is 3.31. The van der Waals surface area contributed by atoms with Gasteiger partial charge in [-0.1, -0.05) is 6.07 Å². The van der Waals surface area contributed by atoms with Crippen molar-refractivity contribution in [1.82, 2.24) is 14.5 Å². The largest absolute Gasteiger partial charge is 0.322 e. The number of pyridine rings is 1. The summed E-state index contributed by atoms with van der Waals surface area (Å²) in [7, 11) is 0. The summed E-state index contributed by atoms with van der Waals surface area (Å²) in [5, 5.41) is 14.1. The molecule has 9 heteroatoms. The number of rotatable bonds is 4. The molecule has 0 unspecified atom stereocenters. The van der Waals surface area contributed by atoms with Crippen molar-refractivity contribution in [1.29, 1.82) is 0 Å². The van der Waals surface area contributed by atoms with E-state index >= 15 is 0 Å². The maximum absolute atomic E-state index is 13.0. The molecular formula is C22H17N5O4. The van der Waals surface area contributed by atoms with E-state index in [9.17, 15) is 19.7 Å². The maximum Gasteiger partial charge on any atom is 0.270 e. The van der Waals surface area contributed by atoms with Crippen LogP contribution in [0, 0.1) is 24.0 Å². The minimum absolute atomic E-state index is 0.159. The second-order valence-corrected chi connectivity index (χ2v) is 6.93. The highest BCUT2D eigenvalue weighted by Gasteiger charge is 2.14. The molecule has 0 spiro atoms. The van der Waals surface area contributed by atoms with Gasteiger partial charge >= 0.3 is 0 Å². The topological polar surface area (TPSA) is 120 Å². The number of hydrogen-bond donors (Lipinski definition) is 1. The standard InChI is InChI=1S/C22H17N5O4/c1-13-11-16(26-14(2)24-20-18(22(26)29)7-4-10-23-20)8-9-19(13)25-21(28)15-5-3-6-17(12-15)27(30)31/h3-12H,1-2H3,(H,25,28). The van der Waals surface area contributed by atoms with Crippen LogP contribution in [-0.4, -0.2) is 25.4 Å². The van der Waals surface area contributed by atoms with Crippen LogP contribution in [0.15, 0.2) is 65.6 Å². The molecule has 0 aliphatic carbocycles. The van der Waals surface area contributed by atoms with Gasteiger partial charge in [-0.2, -0.15) is 0 Å². The van der Waals surface area contributed by atoms with E-state index < -0.39 is 10.8 Å². The Hall–Kier alpha value is -4.40. The number of nitro benzene ring substituents is 1. The van der Waals surface area contributed by atoms with E-state index in [4.69, 9.17) is 0 Å². The van der Waals surface area contributed by atoms with E-state index in [-0.39, 0.29) is 16.8 Å². The van der Waals surface area contributed by atoms with Gasteiger partial charge in [0.2, 0.25) is 0 Å². The van der Waals surface area contributed by atoms with Gasteiger partial charge < -0.3 is 5.32 Å². The molecule has 9 nitrogen and oxygen atoms in total. The quantitative estimate of drug-likeness (QED) is 0.402. The van der Waals surface area contributed by atoms with Gasteiger partial charge in [-0.3, -0.25) is 24.3 Å². The molecule has 0 atom stereocenters. The van der Waals surface area contributed by atoms with Crippen molar-refractivity contribution in [2.75, 3.05) is 5.32 Å². The van der Waals surface area contributed by atoms with Crippen LogP contribution in [0.5, 0.6) is 0 Å². The lowest BCUT2D eigenvalue weighted by Gasteiger charge is -2.14. The number of aromatic nitrogens is 3. The number of nitro groups is 1. The summed E-state index contributed by atoms with van der Waals surface area (Å²) < 4.78 is 1.49. The molecule has 0 saturated heterocycles. The van der Waals surface area contributed by atoms with Crippen LogP contribution in [0.4, 0.5) is 11.4 Å². The molecule has 0 radical (unpaired) electrons. The number of carbonyl (C=O) groups is 1. The van der Waals surface area contributed by atoms with Crippen LogP contribution in [0.2, 0.25) is 0 Å². The van der Waals surface area contributed by atoms with Crippen molar-refractivity contribution in [3.8, 4) is 5.69 Å². The molecule has 4 aromatic rings. The Balaban J connectivity index is 1.67. The fourth-order valence-corrected chi connectivity index (χ4v) is 3.31. The van der Waals surface area contributed by atoms with Crippen LogP contribution in [0.3, 0.4) is 0 Å². The summed E-state index contributed by atoms with van der Waals surface area (Å²) in [5.41, 5.74) is 2.02. The van der Waals surface area contributed by atoms with Gasteiger partial charge in [0.25, 0.3) is 17.2 Å². The lowest BCUT2D eigenvalue weighted by Crippen LogP contribution is -2.23. The van der Waals surface area contributed by atoms with E-state index in [1.807, 2.05) is 0 Å². The number of carbonyl (C=O) groups excluding carboxylic acids is 1. The van der Waals surface area contributed by atoms with Gasteiger partial charge in [0.1, 0.15) is 5.82 Å². The number of nitrogens with one attached hydrogen (secondary N) is 1. The summed E-state index contributed by atoms with van der Waals surface area (Å²) in [4.78, 5) is 44.4. The number of fused-ring (bicyclic) bond motifs is 1. The van der Waals surface area contributed by atoms with Crippen molar-refractivity contribution in [2.45, 2.75) is 13.8 Å². The summed E-state index contributed by atoms with van der Waals surface area (Å²) in [6.45, 7) is 3.52. The third kappa shape index (κ3) is 3.76. The SMILES string of the molecule is Cc1cc(-n2c(C)nc3ncccc3c2=O)ccc1NC(=O)c1cccc([N+](=O)[O-])c1. The van der Waals surface area contributed by atoms with Gasteiger partial charge in [0, 0.05) is 29.6 Å². The number of benzene rings is 2. The Labute approximate surface area is 176 Å². The van der Waals surface area contributed by atoms with E-state index in [0.717, 1.165) is 0 Å². The minimum atomic E-state index is -0.552. The highest BCUT2D eigenvalue weighted by atomic mass is 16.6. The van der Waals surface area contributed by atoms with Crippen molar-refractivity contribution in [2.24, 2.45) is 0 Å². The average Bonchev–Trinajstić information content (AvgIpc) is 2.75. The summed E-state index contributed by atoms with van der Waals surface area (Å²) in [6.07, 6.45) is 1.58. The van der Waals surface area contributed by atoms with Gasteiger partial charge in [-0.25, -0.2) is 9.97 Å². The van der Waals surface area contributed by atoms with Crippen LogP contribution in [0.25, 0.3) is 16.7 Å². The molecule has 2 aromatic heterocycles. The zero-order valence-electron chi connectivity index (χ0n) is 16.7. The molecule has 0 fully saturated rings. The lowest BCUT2D eigenvalue weighted by atomic mass is 10.1.